The molecule has 0 atom stereocenters. The quantitative estimate of drug-likeness (QED) is 0.730. The summed E-state index contributed by atoms with van der Waals surface area (Å²) in [5.74, 6) is 1.99. The number of fused-ring (bicyclic) bond motifs is 1. The van der Waals surface area contributed by atoms with E-state index >= 15 is 0 Å². The summed E-state index contributed by atoms with van der Waals surface area (Å²) in [4.78, 5) is 41.7. The lowest BCUT2D eigenvalue weighted by atomic mass is 10.0. The molecule has 2 saturated heterocycles. The summed E-state index contributed by atoms with van der Waals surface area (Å²) in [6.07, 6.45) is 3.72. The number of piperidine rings is 2. The molecule has 1 aromatic heterocycles. The molecule has 2 aromatic rings. The summed E-state index contributed by atoms with van der Waals surface area (Å²) in [5.41, 5.74) is 0.957. The molecule has 2 amide bonds. The van der Waals surface area contributed by atoms with Crippen LogP contribution in [0.2, 0.25) is 0 Å². The Hall–Kier alpha value is -2.90. The second-order valence-electron chi connectivity index (χ2n) is 9.06. The summed E-state index contributed by atoms with van der Waals surface area (Å²) < 4.78 is 0. The Morgan fingerprint density at radius 2 is 1.31 bits per heavy atom. The van der Waals surface area contributed by atoms with Gasteiger partial charge in [0.15, 0.2) is 0 Å². The minimum absolute atomic E-state index is 0.117. The van der Waals surface area contributed by atoms with Gasteiger partial charge in [0.25, 0.3) is 0 Å². The van der Waals surface area contributed by atoms with Crippen molar-refractivity contribution in [3.05, 3.63) is 24.3 Å². The number of anilines is 2. The van der Waals surface area contributed by atoms with Gasteiger partial charge in [-0.15, -0.1) is 0 Å². The number of rotatable bonds is 4. The zero-order chi connectivity index (χ0) is 22.8. The fourth-order valence-electron chi connectivity index (χ4n) is 4.86. The molecule has 8 heteroatoms. The van der Waals surface area contributed by atoms with Crippen molar-refractivity contribution in [1.29, 1.82) is 0 Å². The van der Waals surface area contributed by atoms with Crippen LogP contribution in [0.15, 0.2) is 24.3 Å². The largest absolute Gasteiger partial charge is 0.356 e. The average molecular weight is 439 g/mol. The number of hydrogen-bond acceptors (Lipinski definition) is 6. The molecule has 32 heavy (non-hydrogen) atoms. The lowest BCUT2D eigenvalue weighted by Crippen LogP contribution is -2.46. The molecule has 0 N–H and O–H groups in total. The predicted molar refractivity (Wildman–Crippen MR) is 127 cm³/mol. The van der Waals surface area contributed by atoms with E-state index in [1.165, 1.54) is 0 Å². The molecule has 1 aromatic carbocycles. The smallest absolute Gasteiger partial charge is 0.227 e. The molecule has 2 fully saturated rings. The summed E-state index contributed by atoms with van der Waals surface area (Å²) in [5, 5.41) is 1.07. The zero-order valence-electron chi connectivity index (χ0n) is 19.6. The van der Waals surface area contributed by atoms with Gasteiger partial charge in [-0.1, -0.05) is 12.1 Å². The van der Waals surface area contributed by atoms with Gasteiger partial charge < -0.3 is 19.6 Å². The minimum atomic E-state index is 0.117. The monoisotopic (exact) mass is 438 g/mol. The molecule has 172 valence electrons. The Morgan fingerprint density at radius 3 is 1.84 bits per heavy atom. The highest BCUT2D eigenvalue weighted by Gasteiger charge is 2.28. The molecule has 4 rings (SSSR count). The number of nitrogens with zero attached hydrogens (tertiary/aromatic N) is 6. The van der Waals surface area contributed by atoms with Crippen LogP contribution in [0.4, 0.5) is 11.8 Å². The molecule has 0 bridgehead atoms. The van der Waals surface area contributed by atoms with Crippen molar-refractivity contribution >= 4 is 34.5 Å². The summed E-state index contributed by atoms with van der Waals surface area (Å²) >= 11 is 0. The van der Waals surface area contributed by atoms with E-state index < -0.39 is 0 Å². The van der Waals surface area contributed by atoms with Crippen LogP contribution in [-0.4, -0.2) is 83.9 Å². The van der Waals surface area contributed by atoms with Gasteiger partial charge in [-0.3, -0.25) is 9.59 Å². The number of benzene rings is 1. The number of aromatic nitrogens is 2. The summed E-state index contributed by atoms with van der Waals surface area (Å²) in [6, 6.07) is 8.76. The average Bonchev–Trinajstić information content (AvgIpc) is 2.82. The third-order valence-electron chi connectivity index (χ3n) is 7.17. The van der Waals surface area contributed by atoms with Gasteiger partial charge in [0.05, 0.1) is 5.52 Å². The number of para-hydroxylation sites is 1. The SMILES string of the molecule is CC(=O)N(C)C1CCN(c2nc(N3CCC(N(C)C(C)=O)CC3)c3ccccc3n2)CC1. The van der Waals surface area contributed by atoms with Gasteiger partial charge in [-0.25, -0.2) is 4.98 Å². The Kier molecular flexibility index (Phi) is 6.48. The van der Waals surface area contributed by atoms with Crippen molar-refractivity contribution in [3.63, 3.8) is 0 Å². The molecule has 8 nitrogen and oxygen atoms in total. The van der Waals surface area contributed by atoms with Gasteiger partial charge in [0, 0.05) is 71.6 Å². The number of carbonyl (C=O) groups excluding carboxylic acids is 2. The first-order valence-electron chi connectivity index (χ1n) is 11.6. The van der Waals surface area contributed by atoms with Crippen molar-refractivity contribution in [1.82, 2.24) is 19.8 Å². The van der Waals surface area contributed by atoms with Crippen LogP contribution in [0.5, 0.6) is 0 Å². The van der Waals surface area contributed by atoms with E-state index in [1.807, 2.05) is 36.0 Å². The number of hydrogen-bond donors (Lipinski definition) is 0. The first-order chi connectivity index (χ1) is 15.3. The van der Waals surface area contributed by atoms with Crippen molar-refractivity contribution in [2.24, 2.45) is 0 Å². The van der Waals surface area contributed by atoms with Crippen LogP contribution in [0, 0.1) is 0 Å². The lowest BCUT2D eigenvalue weighted by Gasteiger charge is -2.38. The molecule has 3 heterocycles. The van der Waals surface area contributed by atoms with E-state index in [2.05, 4.69) is 21.9 Å². The van der Waals surface area contributed by atoms with Crippen LogP contribution in [0.3, 0.4) is 0 Å². The van der Waals surface area contributed by atoms with Gasteiger partial charge in [-0.05, 0) is 37.8 Å². The highest BCUT2D eigenvalue weighted by molar-refractivity contribution is 5.90. The van der Waals surface area contributed by atoms with Gasteiger partial charge >= 0.3 is 0 Å². The van der Waals surface area contributed by atoms with Gasteiger partial charge in [0.2, 0.25) is 17.8 Å². The Balaban J connectivity index is 1.54. The molecule has 0 aliphatic carbocycles. The fourth-order valence-corrected chi connectivity index (χ4v) is 4.86. The lowest BCUT2D eigenvalue weighted by molar-refractivity contribution is -0.130. The van der Waals surface area contributed by atoms with Crippen molar-refractivity contribution in [2.75, 3.05) is 50.1 Å². The minimum Gasteiger partial charge on any atom is -0.356 e. The second-order valence-corrected chi connectivity index (χ2v) is 9.06. The van der Waals surface area contributed by atoms with E-state index in [-0.39, 0.29) is 23.9 Å². The Morgan fingerprint density at radius 1 is 0.812 bits per heavy atom. The van der Waals surface area contributed by atoms with E-state index in [1.54, 1.807) is 13.8 Å². The predicted octanol–water partition coefficient (Wildman–Crippen LogP) is 2.52. The molecule has 0 unspecified atom stereocenters. The molecular formula is C24H34N6O2. The summed E-state index contributed by atoms with van der Waals surface area (Å²) in [7, 11) is 3.79. The maximum atomic E-state index is 11.8. The van der Waals surface area contributed by atoms with E-state index in [4.69, 9.17) is 9.97 Å². The molecule has 2 aliphatic rings. The fraction of sp³-hybridized carbons (Fsp3) is 0.583. The topological polar surface area (TPSA) is 72.9 Å². The normalized spacial score (nSPS) is 18.1. The third-order valence-corrected chi connectivity index (χ3v) is 7.17. The maximum Gasteiger partial charge on any atom is 0.227 e. The molecule has 0 spiro atoms. The van der Waals surface area contributed by atoms with Crippen molar-refractivity contribution in [3.8, 4) is 0 Å². The van der Waals surface area contributed by atoms with E-state index in [0.29, 0.717) is 0 Å². The van der Waals surface area contributed by atoms with Crippen LogP contribution >= 0.6 is 0 Å². The van der Waals surface area contributed by atoms with Crippen molar-refractivity contribution < 1.29 is 9.59 Å². The first-order valence-corrected chi connectivity index (χ1v) is 11.6. The van der Waals surface area contributed by atoms with Gasteiger partial charge in [-0.2, -0.15) is 4.98 Å². The van der Waals surface area contributed by atoms with Crippen LogP contribution in [-0.2, 0) is 9.59 Å². The third kappa shape index (κ3) is 4.49. The Labute approximate surface area is 190 Å². The molecule has 0 saturated carbocycles. The molecule has 0 radical (unpaired) electrons. The standard InChI is InChI=1S/C24H34N6O2/c1-17(31)27(3)19-9-13-29(14-10-19)23-21-7-5-6-8-22(21)25-24(26-23)30-15-11-20(12-16-30)28(4)18(2)32/h5-8,19-20H,9-16H2,1-4H3. The van der Waals surface area contributed by atoms with E-state index in [9.17, 15) is 9.59 Å². The van der Waals surface area contributed by atoms with Crippen LogP contribution < -0.4 is 9.80 Å². The highest BCUT2D eigenvalue weighted by atomic mass is 16.2. The van der Waals surface area contributed by atoms with Crippen LogP contribution in [0.25, 0.3) is 10.9 Å². The van der Waals surface area contributed by atoms with Crippen molar-refractivity contribution in [2.45, 2.75) is 51.6 Å². The second kappa shape index (κ2) is 9.30. The molecule has 2 aliphatic heterocycles. The first kappa shape index (κ1) is 22.3. The molecular weight excluding hydrogens is 404 g/mol. The number of amides is 2. The van der Waals surface area contributed by atoms with E-state index in [0.717, 1.165) is 74.5 Å². The highest BCUT2D eigenvalue weighted by Crippen LogP contribution is 2.30. The number of carbonyl (C=O) groups is 2. The zero-order valence-corrected chi connectivity index (χ0v) is 19.6. The summed E-state index contributed by atoms with van der Waals surface area (Å²) in [6.45, 7) is 6.68. The Bertz CT molecular complexity index is 980. The van der Waals surface area contributed by atoms with Crippen LogP contribution in [0.1, 0.15) is 39.5 Å². The maximum absolute atomic E-state index is 11.8. The van der Waals surface area contributed by atoms with Gasteiger partial charge in [0.1, 0.15) is 5.82 Å².